The van der Waals surface area contributed by atoms with E-state index in [9.17, 15) is 0 Å². The molecule has 0 fully saturated rings. The molecule has 1 aromatic carbocycles. The lowest BCUT2D eigenvalue weighted by Gasteiger charge is -2.15. The number of nitrogens with one attached hydrogen (secondary N) is 1. The van der Waals surface area contributed by atoms with Crippen LogP contribution in [0.5, 0.6) is 0 Å². The Hall–Kier alpha value is -2.46. The summed E-state index contributed by atoms with van der Waals surface area (Å²) in [5.74, 6) is 0.663. The molecule has 0 aliphatic rings. The maximum absolute atomic E-state index is 5.84. The Morgan fingerprint density at radius 2 is 1.77 bits per heavy atom. The molecule has 22 heavy (non-hydrogen) atoms. The van der Waals surface area contributed by atoms with Gasteiger partial charge in [0, 0.05) is 18.4 Å². The summed E-state index contributed by atoms with van der Waals surface area (Å²) in [6.45, 7) is 2.07. The minimum absolute atomic E-state index is 0.107. The Kier molecular flexibility index (Phi) is 4.30. The molecule has 1 atom stereocenters. The highest BCUT2D eigenvalue weighted by Gasteiger charge is 2.07. The summed E-state index contributed by atoms with van der Waals surface area (Å²) in [4.78, 5) is 12.4. The monoisotopic (exact) mass is 310 g/mol. The van der Waals surface area contributed by atoms with Crippen molar-refractivity contribution < 1.29 is 0 Å². The average molecular weight is 311 g/mol. The van der Waals surface area contributed by atoms with Crippen LogP contribution in [0.2, 0.25) is 5.15 Å². The van der Waals surface area contributed by atoms with E-state index >= 15 is 0 Å². The lowest BCUT2D eigenvalue weighted by atomic mass is 10.0. The molecule has 3 rings (SSSR count). The van der Waals surface area contributed by atoms with Crippen molar-refractivity contribution in [2.24, 2.45) is 0 Å². The number of hydrogen-bond acceptors (Lipinski definition) is 4. The van der Waals surface area contributed by atoms with Crippen LogP contribution in [0.25, 0.3) is 11.1 Å². The predicted molar refractivity (Wildman–Crippen MR) is 88.8 cm³/mol. The number of halogens is 1. The van der Waals surface area contributed by atoms with E-state index in [0.717, 1.165) is 16.7 Å². The van der Waals surface area contributed by atoms with Crippen LogP contribution in [0.1, 0.15) is 18.5 Å². The number of anilines is 1. The van der Waals surface area contributed by atoms with Crippen molar-refractivity contribution in [2.75, 3.05) is 5.32 Å². The zero-order valence-electron chi connectivity index (χ0n) is 12.1. The standard InChI is InChI=1S/C17H15ClN4/c1-12(21-17-11-20-10-16(18)22-17)13-4-6-14(7-5-13)15-3-2-8-19-9-15/h2-12H,1H3,(H,21,22). The summed E-state index contributed by atoms with van der Waals surface area (Å²) in [5, 5.41) is 3.67. The molecule has 1 unspecified atom stereocenters. The molecule has 0 bridgehead atoms. The minimum atomic E-state index is 0.107. The third-order valence-electron chi connectivity index (χ3n) is 3.38. The van der Waals surface area contributed by atoms with Crippen LogP contribution >= 0.6 is 11.6 Å². The quantitative estimate of drug-likeness (QED) is 0.777. The second-order valence-electron chi connectivity index (χ2n) is 4.96. The van der Waals surface area contributed by atoms with Crippen LogP contribution in [0.4, 0.5) is 5.82 Å². The molecule has 2 aromatic heterocycles. The molecule has 1 N–H and O–H groups in total. The first-order valence-corrected chi connectivity index (χ1v) is 7.34. The van der Waals surface area contributed by atoms with Crippen molar-refractivity contribution >= 4 is 17.4 Å². The maximum Gasteiger partial charge on any atom is 0.149 e. The first-order valence-electron chi connectivity index (χ1n) is 6.97. The van der Waals surface area contributed by atoms with Crippen molar-refractivity contribution in [3.63, 3.8) is 0 Å². The number of rotatable bonds is 4. The predicted octanol–water partition coefficient (Wildman–Crippen LogP) is 4.37. The van der Waals surface area contributed by atoms with Crippen molar-refractivity contribution in [1.82, 2.24) is 15.0 Å². The lowest BCUT2D eigenvalue weighted by Crippen LogP contribution is -2.08. The fraction of sp³-hybridized carbons (Fsp3) is 0.118. The van der Waals surface area contributed by atoms with E-state index in [4.69, 9.17) is 11.6 Å². The number of nitrogens with zero attached hydrogens (tertiary/aromatic N) is 3. The minimum Gasteiger partial charge on any atom is -0.362 e. The second kappa shape index (κ2) is 6.54. The van der Waals surface area contributed by atoms with Gasteiger partial charge in [0.2, 0.25) is 0 Å². The van der Waals surface area contributed by atoms with E-state index < -0.39 is 0 Å². The fourth-order valence-electron chi connectivity index (χ4n) is 2.21. The number of hydrogen-bond donors (Lipinski definition) is 1. The Balaban J connectivity index is 1.75. The van der Waals surface area contributed by atoms with Gasteiger partial charge in [-0.05, 0) is 29.7 Å². The van der Waals surface area contributed by atoms with Crippen LogP contribution in [0, 0.1) is 0 Å². The van der Waals surface area contributed by atoms with Gasteiger partial charge in [0.1, 0.15) is 11.0 Å². The van der Waals surface area contributed by atoms with Gasteiger partial charge in [-0.25, -0.2) is 4.98 Å². The van der Waals surface area contributed by atoms with Crippen molar-refractivity contribution in [2.45, 2.75) is 13.0 Å². The highest BCUT2D eigenvalue weighted by atomic mass is 35.5. The van der Waals surface area contributed by atoms with E-state index in [-0.39, 0.29) is 6.04 Å². The molecule has 0 spiro atoms. The highest BCUT2D eigenvalue weighted by molar-refractivity contribution is 6.29. The number of pyridine rings is 1. The third-order valence-corrected chi connectivity index (χ3v) is 3.56. The Morgan fingerprint density at radius 1 is 0.955 bits per heavy atom. The van der Waals surface area contributed by atoms with Crippen LogP contribution in [0.15, 0.2) is 61.2 Å². The first-order chi connectivity index (χ1) is 10.7. The second-order valence-corrected chi connectivity index (χ2v) is 5.34. The maximum atomic E-state index is 5.84. The molecule has 0 radical (unpaired) electrons. The van der Waals surface area contributed by atoms with E-state index in [1.54, 1.807) is 12.4 Å². The zero-order valence-corrected chi connectivity index (χ0v) is 12.8. The molecule has 2 heterocycles. The molecule has 3 aromatic rings. The summed E-state index contributed by atoms with van der Waals surface area (Å²) in [5.41, 5.74) is 3.41. The SMILES string of the molecule is CC(Nc1cncc(Cl)n1)c1ccc(-c2cccnc2)cc1. The molecule has 4 nitrogen and oxygen atoms in total. The molecule has 5 heteroatoms. The molecule has 0 amide bonds. The Labute approximate surface area is 134 Å². The van der Waals surface area contributed by atoms with Crippen LogP contribution in [-0.2, 0) is 0 Å². The molecule has 0 saturated carbocycles. The van der Waals surface area contributed by atoms with Gasteiger partial charge >= 0.3 is 0 Å². The summed E-state index contributed by atoms with van der Waals surface area (Å²) >= 11 is 5.84. The number of benzene rings is 1. The Morgan fingerprint density at radius 3 is 2.45 bits per heavy atom. The van der Waals surface area contributed by atoms with Gasteiger partial charge in [0.25, 0.3) is 0 Å². The molecule has 110 valence electrons. The molecular weight excluding hydrogens is 296 g/mol. The van der Waals surface area contributed by atoms with Gasteiger partial charge in [-0.2, -0.15) is 0 Å². The van der Waals surface area contributed by atoms with Gasteiger partial charge < -0.3 is 5.32 Å². The summed E-state index contributed by atoms with van der Waals surface area (Å²) < 4.78 is 0. The zero-order chi connectivity index (χ0) is 15.4. The van der Waals surface area contributed by atoms with Crippen LogP contribution < -0.4 is 5.32 Å². The summed E-state index contributed by atoms with van der Waals surface area (Å²) in [6, 6.07) is 12.5. The first kappa shape index (κ1) is 14.5. The van der Waals surface area contributed by atoms with E-state index in [0.29, 0.717) is 11.0 Å². The molecule has 0 saturated heterocycles. The van der Waals surface area contributed by atoms with E-state index in [1.807, 2.05) is 18.3 Å². The van der Waals surface area contributed by atoms with Crippen LogP contribution in [0.3, 0.4) is 0 Å². The normalized spacial score (nSPS) is 11.9. The van der Waals surface area contributed by atoms with Crippen molar-refractivity contribution in [3.8, 4) is 11.1 Å². The molecule has 0 aliphatic heterocycles. The third kappa shape index (κ3) is 3.40. The van der Waals surface area contributed by atoms with Gasteiger partial charge in [0.05, 0.1) is 12.4 Å². The fourth-order valence-corrected chi connectivity index (χ4v) is 2.36. The van der Waals surface area contributed by atoms with Crippen LogP contribution in [-0.4, -0.2) is 15.0 Å². The summed E-state index contributed by atoms with van der Waals surface area (Å²) in [6.07, 6.45) is 6.81. The van der Waals surface area contributed by atoms with E-state index in [2.05, 4.69) is 51.5 Å². The Bertz CT molecular complexity index is 744. The average Bonchev–Trinajstić information content (AvgIpc) is 2.56. The summed E-state index contributed by atoms with van der Waals surface area (Å²) in [7, 11) is 0. The van der Waals surface area contributed by atoms with Crippen molar-refractivity contribution in [3.05, 3.63) is 71.9 Å². The van der Waals surface area contributed by atoms with Gasteiger partial charge in [-0.1, -0.05) is 41.9 Å². The lowest BCUT2D eigenvalue weighted by molar-refractivity contribution is 0.871. The number of aromatic nitrogens is 3. The molecule has 0 aliphatic carbocycles. The van der Waals surface area contributed by atoms with Crippen molar-refractivity contribution in [1.29, 1.82) is 0 Å². The largest absolute Gasteiger partial charge is 0.362 e. The van der Waals surface area contributed by atoms with Gasteiger partial charge in [-0.15, -0.1) is 0 Å². The van der Waals surface area contributed by atoms with Gasteiger partial charge in [-0.3, -0.25) is 9.97 Å². The topological polar surface area (TPSA) is 50.7 Å². The smallest absolute Gasteiger partial charge is 0.149 e. The van der Waals surface area contributed by atoms with E-state index in [1.165, 1.54) is 6.20 Å². The van der Waals surface area contributed by atoms with Gasteiger partial charge in [0.15, 0.2) is 0 Å². The molecular formula is C17H15ClN4. The highest BCUT2D eigenvalue weighted by Crippen LogP contribution is 2.23.